The van der Waals surface area contributed by atoms with E-state index in [2.05, 4.69) is 30.6 Å². The molecule has 1 amide bonds. The summed E-state index contributed by atoms with van der Waals surface area (Å²) in [6.45, 7) is 2.93. The van der Waals surface area contributed by atoms with Crippen LogP contribution >= 0.6 is 0 Å². The summed E-state index contributed by atoms with van der Waals surface area (Å²) in [4.78, 5) is 20.8. The van der Waals surface area contributed by atoms with Crippen LogP contribution in [0, 0.1) is 6.92 Å². The number of nitrogens with one attached hydrogen (secondary N) is 1. The van der Waals surface area contributed by atoms with Crippen LogP contribution in [-0.2, 0) is 11.2 Å². The molecular formula is C15H17N7O3. The number of rotatable bonds is 5. The molecule has 4 rings (SSSR count). The van der Waals surface area contributed by atoms with Crippen LogP contribution in [0.25, 0.3) is 5.78 Å². The minimum absolute atomic E-state index is 0.103. The molecule has 0 aliphatic carbocycles. The average Bonchev–Trinajstić information content (AvgIpc) is 3.34. The zero-order chi connectivity index (χ0) is 17.2. The third-order valence-corrected chi connectivity index (χ3v) is 3.95. The fraction of sp³-hybridized carbons (Fsp3) is 0.467. The van der Waals surface area contributed by atoms with Gasteiger partial charge in [-0.3, -0.25) is 9.20 Å². The third-order valence-electron chi connectivity index (χ3n) is 3.95. The fourth-order valence-electron chi connectivity index (χ4n) is 2.67. The van der Waals surface area contributed by atoms with Crippen molar-refractivity contribution in [3.63, 3.8) is 0 Å². The number of ether oxygens (including phenoxy) is 1. The molecule has 4 heterocycles. The van der Waals surface area contributed by atoms with Crippen LogP contribution in [0.15, 0.2) is 16.8 Å². The molecule has 0 radical (unpaired) electrons. The molecule has 1 saturated heterocycles. The second-order valence-corrected chi connectivity index (χ2v) is 5.82. The van der Waals surface area contributed by atoms with Crippen molar-refractivity contribution in [1.82, 2.24) is 35.0 Å². The molecule has 1 N–H and O–H groups in total. The Morgan fingerprint density at radius 1 is 1.40 bits per heavy atom. The van der Waals surface area contributed by atoms with Gasteiger partial charge in [-0.1, -0.05) is 5.16 Å². The van der Waals surface area contributed by atoms with Gasteiger partial charge < -0.3 is 14.6 Å². The summed E-state index contributed by atoms with van der Waals surface area (Å²) in [6.07, 6.45) is 3.97. The van der Waals surface area contributed by atoms with E-state index in [1.807, 2.05) is 6.92 Å². The quantitative estimate of drug-likeness (QED) is 0.716. The fourth-order valence-corrected chi connectivity index (χ4v) is 2.67. The zero-order valence-electron chi connectivity index (χ0n) is 13.7. The maximum atomic E-state index is 12.3. The van der Waals surface area contributed by atoms with Crippen molar-refractivity contribution in [2.45, 2.75) is 32.3 Å². The largest absolute Gasteiger partial charge is 0.368 e. The molecule has 0 bridgehead atoms. The van der Waals surface area contributed by atoms with Crippen LogP contribution in [0.2, 0.25) is 0 Å². The van der Waals surface area contributed by atoms with Crippen molar-refractivity contribution in [2.75, 3.05) is 13.2 Å². The molecule has 0 unspecified atom stereocenters. The van der Waals surface area contributed by atoms with E-state index in [9.17, 15) is 4.79 Å². The smallest absolute Gasteiger partial charge is 0.289 e. The van der Waals surface area contributed by atoms with E-state index >= 15 is 0 Å². The van der Waals surface area contributed by atoms with Crippen molar-refractivity contribution in [1.29, 1.82) is 0 Å². The minimum Gasteiger partial charge on any atom is -0.368 e. The van der Waals surface area contributed by atoms with Crippen LogP contribution in [0.5, 0.6) is 0 Å². The van der Waals surface area contributed by atoms with Crippen molar-refractivity contribution >= 4 is 11.7 Å². The third kappa shape index (κ3) is 3.20. The first kappa shape index (κ1) is 15.6. The van der Waals surface area contributed by atoms with Gasteiger partial charge in [0.25, 0.3) is 17.6 Å². The molecule has 1 aliphatic heterocycles. The van der Waals surface area contributed by atoms with E-state index < -0.39 is 0 Å². The Hall–Kier alpha value is -2.88. The van der Waals surface area contributed by atoms with Gasteiger partial charge in [-0.05, 0) is 25.8 Å². The minimum atomic E-state index is -0.332. The predicted molar refractivity (Wildman–Crippen MR) is 83.8 cm³/mol. The molecule has 3 aromatic rings. The van der Waals surface area contributed by atoms with E-state index in [1.54, 1.807) is 16.7 Å². The second-order valence-electron chi connectivity index (χ2n) is 5.82. The van der Waals surface area contributed by atoms with Crippen molar-refractivity contribution < 1.29 is 14.1 Å². The normalized spacial score (nSPS) is 17.2. The number of aromatic nitrogens is 6. The van der Waals surface area contributed by atoms with Crippen molar-refractivity contribution in [3.05, 3.63) is 35.5 Å². The lowest BCUT2D eigenvalue weighted by Crippen LogP contribution is -2.27. The monoisotopic (exact) mass is 343 g/mol. The summed E-state index contributed by atoms with van der Waals surface area (Å²) in [5.74, 6) is 1.29. The number of amides is 1. The topological polar surface area (TPSA) is 120 Å². The number of carbonyl (C=O) groups excluding carboxylic acids is 1. The Morgan fingerprint density at radius 3 is 3.16 bits per heavy atom. The highest BCUT2D eigenvalue weighted by molar-refractivity contribution is 5.91. The molecule has 10 nitrogen and oxygen atoms in total. The molecule has 1 aliphatic rings. The van der Waals surface area contributed by atoms with Gasteiger partial charge in [0.2, 0.25) is 5.82 Å². The summed E-state index contributed by atoms with van der Waals surface area (Å²) < 4.78 is 12.3. The van der Waals surface area contributed by atoms with Gasteiger partial charge in [0.05, 0.1) is 0 Å². The molecule has 3 aromatic heterocycles. The van der Waals surface area contributed by atoms with Crippen LogP contribution in [0.4, 0.5) is 0 Å². The molecular weight excluding hydrogens is 326 g/mol. The number of hydrogen-bond donors (Lipinski definition) is 1. The summed E-state index contributed by atoms with van der Waals surface area (Å²) in [6, 6.07) is 1.79. The Balaban J connectivity index is 1.35. The van der Waals surface area contributed by atoms with Gasteiger partial charge in [0.15, 0.2) is 5.82 Å². The van der Waals surface area contributed by atoms with Crippen molar-refractivity contribution in [2.24, 2.45) is 0 Å². The molecule has 10 heteroatoms. The summed E-state index contributed by atoms with van der Waals surface area (Å²) in [5.41, 5.74) is 0.811. The molecule has 0 saturated carbocycles. The Kier molecular flexibility index (Phi) is 4.10. The maximum absolute atomic E-state index is 12.3. The first-order chi connectivity index (χ1) is 12.2. The molecule has 25 heavy (non-hydrogen) atoms. The van der Waals surface area contributed by atoms with Gasteiger partial charge in [-0.25, -0.2) is 4.98 Å². The number of carbonyl (C=O) groups is 1. The van der Waals surface area contributed by atoms with E-state index in [4.69, 9.17) is 9.26 Å². The first-order valence-corrected chi connectivity index (χ1v) is 8.11. The molecule has 1 fully saturated rings. The van der Waals surface area contributed by atoms with E-state index in [-0.39, 0.29) is 17.8 Å². The summed E-state index contributed by atoms with van der Waals surface area (Å²) in [5, 5.41) is 14.5. The second kappa shape index (κ2) is 6.55. The lowest BCUT2D eigenvalue weighted by molar-refractivity contribution is 0.0835. The van der Waals surface area contributed by atoms with E-state index in [0.717, 1.165) is 25.1 Å². The Labute approximate surface area is 142 Å². The van der Waals surface area contributed by atoms with Crippen molar-refractivity contribution in [3.8, 4) is 0 Å². The van der Waals surface area contributed by atoms with Crippen LogP contribution in [0.1, 0.15) is 47.0 Å². The van der Waals surface area contributed by atoms with Crippen LogP contribution < -0.4 is 5.32 Å². The van der Waals surface area contributed by atoms with E-state index in [0.29, 0.717) is 30.5 Å². The van der Waals surface area contributed by atoms with Gasteiger partial charge >= 0.3 is 0 Å². The lowest BCUT2D eigenvalue weighted by atomic mass is 10.2. The number of aryl methyl sites for hydroxylation is 1. The highest BCUT2D eigenvalue weighted by Gasteiger charge is 2.23. The van der Waals surface area contributed by atoms with Gasteiger partial charge in [0.1, 0.15) is 6.10 Å². The van der Waals surface area contributed by atoms with Gasteiger partial charge in [-0.15, -0.1) is 10.2 Å². The average molecular weight is 343 g/mol. The maximum Gasteiger partial charge on any atom is 0.289 e. The number of nitrogens with zero attached hydrogens (tertiary/aromatic N) is 6. The predicted octanol–water partition coefficient (Wildman–Crippen LogP) is 0.640. The molecule has 130 valence electrons. The lowest BCUT2D eigenvalue weighted by Gasteiger charge is -2.02. The first-order valence-electron chi connectivity index (χ1n) is 8.11. The van der Waals surface area contributed by atoms with Gasteiger partial charge in [-0.2, -0.15) is 4.98 Å². The van der Waals surface area contributed by atoms with Gasteiger partial charge in [0, 0.05) is 31.5 Å². The molecule has 0 aromatic carbocycles. The number of fused-ring (bicyclic) bond motifs is 1. The Bertz CT molecular complexity index is 898. The van der Waals surface area contributed by atoms with E-state index in [1.165, 1.54) is 0 Å². The summed E-state index contributed by atoms with van der Waals surface area (Å²) in [7, 11) is 0. The van der Waals surface area contributed by atoms with Crippen LogP contribution in [-0.4, -0.2) is 48.8 Å². The standard InChI is InChI=1S/C15H17N7O3/c1-9-5-7-22-12(19-20-15(22)17-9)13(23)16-6-4-11-18-14(25-21-11)10-3-2-8-24-10/h5,7,10H,2-4,6,8H2,1H3,(H,16,23)/t10-/m0/s1. The zero-order valence-corrected chi connectivity index (χ0v) is 13.7. The Morgan fingerprint density at radius 2 is 2.32 bits per heavy atom. The number of hydrogen-bond acceptors (Lipinski definition) is 8. The molecule has 1 atom stereocenters. The SMILES string of the molecule is Cc1ccn2c(C(=O)NCCc3noc([C@@H]4CCCO4)n3)nnc2n1. The highest BCUT2D eigenvalue weighted by atomic mass is 16.5. The highest BCUT2D eigenvalue weighted by Crippen LogP contribution is 2.26. The molecule has 0 spiro atoms. The summed E-state index contributed by atoms with van der Waals surface area (Å²) >= 11 is 0. The van der Waals surface area contributed by atoms with Crippen LogP contribution in [0.3, 0.4) is 0 Å².